The first-order valence-electron chi connectivity index (χ1n) is 9.55. The van der Waals surface area contributed by atoms with Crippen molar-refractivity contribution < 1.29 is 23.6 Å². The molecule has 1 aliphatic heterocycles. The Hall–Kier alpha value is -2.90. The van der Waals surface area contributed by atoms with Crippen LogP contribution < -0.4 is 4.74 Å². The molecule has 3 rings (SSSR count). The second kappa shape index (κ2) is 9.34. The largest absolute Gasteiger partial charge is 0.497 e. The summed E-state index contributed by atoms with van der Waals surface area (Å²) in [4.78, 5) is 30.5. The number of benzene rings is 1. The first-order chi connectivity index (χ1) is 13.6. The lowest BCUT2D eigenvalue weighted by molar-refractivity contribution is -0.146. The topological polar surface area (TPSA) is 94.8 Å². The Labute approximate surface area is 163 Å². The predicted molar refractivity (Wildman–Crippen MR) is 100 cm³/mol. The van der Waals surface area contributed by atoms with Gasteiger partial charge in [-0.1, -0.05) is 17.3 Å². The van der Waals surface area contributed by atoms with Crippen LogP contribution >= 0.6 is 0 Å². The van der Waals surface area contributed by atoms with Gasteiger partial charge in [0.25, 0.3) is 0 Å². The van der Waals surface area contributed by atoms with Crippen LogP contribution in [0.1, 0.15) is 51.0 Å². The van der Waals surface area contributed by atoms with Crippen LogP contribution in [0.25, 0.3) is 11.4 Å². The van der Waals surface area contributed by atoms with Gasteiger partial charge in [0.2, 0.25) is 17.6 Å². The van der Waals surface area contributed by atoms with Crippen molar-refractivity contribution >= 4 is 11.9 Å². The molecular formula is C20H25N3O5. The number of aromatic nitrogens is 2. The van der Waals surface area contributed by atoms with Gasteiger partial charge < -0.3 is 18.9 Å². The smallest absolute Gasteiger partial charge is 0.306 e. The van der Waals surface area contributed by atoms with Crippen molar-refractivity contribution in [2.24, 2.45) is 0 Å². The lowest BCUT2D eigenvalue weighted by atomic mass is 10.0. The quantitative estimate of drug-likeness (QED) is 0.674. The minimum Gasteiger partial charge on any atom is -0.497 e. The van der Waals surface area contributed by atoms with Crippen molar-refractivity contribution in [1.29, 1.82) is 0 Å². The Morgan fingerprint density at radius 2 is 2.14 bits per heavy atom. The summed E-state index contributed by atoms with van der Waals surface area (Å²) in [6, 6.07) is 7.14. The van der Waals surface area contributed by atoms with Gasteiger partial charge in [-0.2, -0.15) is 4.98 Å². The molecule has 0 N–H and O–H groups in total. The highest BCUT2D eigenvalue weighted by atomic mass is 16.5. The summed E-state index contributed by atoms with van der Waals surface area (Å²) >= 11 is 0. The van der Waals surface area contributed by atoms with E-state index in [1.54, 1.807) is 18.9 Å². The van der Waals surface area contributed by atoms with Crippen LogP contribution in [-0.4, -0.2) is 47.2 Å². The molecule has 0 spiro atoms. The Morgan fingerprint density at radius 1 is 1.29 bits per heavy atom. The average Bonchev–Trinajstić information content (AvgIpc) is 3.22. The highest BCUT2D eigenvalue weighted by Gasteiger charge is 2.32. The van der Waals surface area contributed by atoms with Crippen LogP contribution in [-0.2, 0) is 14.3 Å². The molecule has 28 heavy (non-hydrogen) atoms. The van der Waals surface area contributed by atoms with E-state index in [1.807, 2.05) is 24.3 Å². The van der Waals surface area contributed by atoms with Crippen LogP contribution in [0.2, 0.25) is 0 Å². The van der Waals surface area contributed by atoms with Crippen molar-refractivity contribution in [3.63, 3.8) is 0 Å². The normalized spacial score (nSPS) is 16.6. The lowest BCUT2D eigenvalue weighted by Gasteiger charge is -2.33. The Morgan fingerprint density at radius 3 is 2.93 bits per heavy atom. The highest BCUT2D eigenvalue weighted by Crippen LogP contribution is 2.32. The fourth-order valence-electron chi connectivity index (χ4n) is 3.32. The number of hydrogen-bond donors (Lipinski definition) is 0. The number of likely N-dealkylation sites (tertiary alicyclic amines) is 1. The van der Waals surface area contributed by atoms with Crippen LogP contribution in [0.15, 0.2) is 28.8 Å². The van der Waals surface area contributed by atoms with Crippen molar-refractivity contribution in [3.8, 4) is 17.1 Å². The van der Waals surface area contributed by atoms with Gasteiger partial charge in [0, 0.05) is 18.5 Å². The van der Waals surface area contributed by atoms with Crippen molar-refractivity contribution in [2.45, 2.75) is 45.1 Å². The molecule has 0 radical (unpaired) electrons. The van der Waals surface area contributed by atoms with E-state index in [-0.39, 0.29) is 30.8 Å². The molecule has 150 valence electrons. The second-order valence-corrected chi connectivity index (χ2v) is 6.59. The van der Waals surface area contributed by atoms with Crippen molar-refractivity contribution in [2.75, 3.05) is 20.3 Å². The maximum absolute atomic E-state index is 12.7. The Bertz CT molecular complexity index is 820. The maximum Gasteiger partial charge on any atom is 0.306 e. The van der Waals surface area contributed by atoms with E-state index >= 15 is 0 Å². The third-order valence-electron chi connectivity index (χ3n) is 4.73. The van der Waals surface area contributed by atoms with Crippen LogP contribution in [0.4, 0.5) is 0 Å². The molecule has 0 saturated carbocycles. The number of carbonyl (C=O) groups excluding carboxylic acids is 2. The van der Waals surface area contributed by atoms with Crippen LogP contribution in [0.3, 0.4) is 0 Å². The molecule has 1 saturated heterocycles. The minimum absolute atomic E-state index is 0.0782. The van der Waals surface area contributed by atoms with E-state index in [2.05, 4.69) is 10.1 Å². The molecule has 0 aliphatic carbocycles. The SMILES string of the molecule is CCOC(=O)CCC(=O)N1CCCCC1c1nc(-c2cccc(OC)c2)no1. The summed E-state index contributed by atoms with van der Waals surface area (Å²) in [7, 11) is 1.60. The molecule has 1 aliphatic rings. The van der Waals surface area contributed by atoms with Gasteiger partial charge in [-0.25, -0.2) is 0 Å². The maximum atomic E-state index is 12.7. The number of hydrogen-bond acceptors (Lipinski definition) is 7. The van der Waals surface area contributed by atoms with Gasteiger partial charge >= 0.3 is 5.97 Å². The van der Waals surface area contributed by atoms with E-state index in [4.69, 9.17) is 14.0 Å². The number of carbonyl (C=O) groups is 2. The first-order valence-corrected chi connectivity index (χ1v) is 9.55. The molecule has 2 aromatic rings. The summed E-state index contributed by atoms with van der Waals surface area (Å²) in [6.45, 7) is 2.67. The van der Waals surface area contributed by atoms with Crippen molar-refractivity contribution in [1.82, 2.24) is 15.0 Å². The van der Waals surface area contributed by atoms with E-state index in [0.29, 0.717) is 30.6 Å². The number of piperidine rings is 1. The molecule has 1 unspecified atom stereocenters. The Balaban J connectivity index is 1.72. The third-order valence-corrected chi connectivity index (χ3v) is 4.73. The number of ether oxygens (including phenoxy) is 2. The number of methoxy groups -OCH3 is 1. The molecule has 8 heteroatoms. The van der Waals surface area contributed by atoms with Crippen molar-refractivity contribution in [3.05, 3.63) is 30.2 Å². The first kappa shape index (κ1) is 19.9. The van der Waals surface area contributed by atoms with Crippen LogP contribution in [0.5, 0.6) is 5.75 Å². The van der Waals surface area contributed by atoms with Gasteiger partial charge in [-0.05, 0) is 38.3 Å². The van der Waals surface area contributed by atoms with E-state index in [0.717, 1.165) is 24.8 Å². The number of rotatable bonds is 7. The fraction of sp³-hybridized carbons (Fsp3) is 0.500. The molecule has 1 atom stereocenters. The van der Waals surface area contributed by atoms with Gasteiger partial charge in [0.1, 0.15) is 11.8 Å². The minimum atomic E-state index is -0.359. The van der Waals surface area contributed by atoms with Gasteiger partial charge in [-0.15, -0.1) is 0 Å². The van der Waals surface area contributed by atoms with Crippen LogP contribution in [0, 0.1) is 0 Å². The lowest BCUT2D eigenvalue weighted by Crippen LogP contribution is -2.38. The molecule has 2 heterocycles. The highest BCUT2D eigenvalue weighted by molar-refractivity contribution is 5.81. The van der Waals surface area contributed by atoms with E-state index in [1.165, 1.54) is 0 Å². The van der Waals surface area contributed by atoms with Gasteiger partial charge in [0.15, 0.2) is 0 Å². The Kier molecular flexibility index (Phi) is 6.62. The third kappa shape index (κ3) is 4.68. The summed E-state index contributed by atoms with van der Waals surface area (Å²) in [5, 5.41) is 4.08. The predicted octanol–water partition coefficient (Wildman–Crippen LogP) is 3.14. The molecule has 8 nitrogen and oxygen atoms in total. The molecule has 1 amide bonds. The molecule has 1 aromatic heterocycles. The molecule has 0 bridgehead atoms. The molecular weight excluding hydrogens is 362 g/mol. The summed E-state index contributed by atoms with van der Waals surface area (Å²) in [6.07, 6.45) is 2.84. The zero-order chi connectivity index (χ0) is 19.9. The van der Waals surface area contributed by atoms with E-state index < -0.39 is 0 Å². The molecule has 1 aromatic carbocycles. The number of esters is 1. The summed E-state index contributed by atoms with van der Waals surface area (Å²) < 4.78 is 15.6. The number of nitrogens with zero attached hydrogens (tertiary/aromatic N) is 3. The van der Waals surface area contributed by atoms with Gasteiger partial charge in [0.05, 0.1) is 20.1 Å². The standard InChI is InChI=1S/C20H25N3O5/c1-3-27-18(25)11-10-17(24)23-12-5-4-9-16(23)20-21-19(22-28-20)14-7-6-8-15(13-14)26-2/h6-8,13,16H,3-5,9-12H2,1-2H3. The second-order valence-electron chi connectivity index (χ2n) is 6.59. The summed E-state index contributed by atoms with van der Waals surface area (Å²) in [5.41, 5.74) is 0.783. The zero-order valence-electron chi connectivity index (χ0n) is 16.2. The number of amides is 1. The summed E-state index contributed by atoms with van der Waals surface area (Å²) in [5.74, 6) is 1.12. The molecule has 1 fully saturated rings. The monoisotopic (exact) mass is 387 g/mol. The average molecular weight is 387 g/mol. The zero-order valence-corrected chi connectivity index (χ0v) is 16.2. The van der Waals surface area contributed by atoms with Gasteiger partial charge in [-0.3, -0.25) is 9.59 Å². The van der Waals surface area contributed by atoms with E-state index in [9.17, 15) is 9.59 Å². The fourth-order valence-corrected chi connectivity index (χ4v) is 3.32.